The molecule has 0 saturated carbocycles. The number of methoxy groups -OCH3 is 2. The van der Waals surface area contributed by atoms with Gasteiger partial charge in [0.05, 0.1) is 25.0 Å². The van der Waals surface area contributed by atoms with Gasteiger partial charge < -0.3 is 14.4 Å². The first-order valence-corrected chi connectivity index (χ1v) is 10.3. The third-order valence-corrected chi connectivity index (χ3v) is 5.53. The lowest BCUT2D eigenvalue weighted by Gasteiger charge is -2.41. The molecule has 0 bridgehead atoms. The van der Waals surface area contributed by atoms with Crippen LogP contribution in [0.2, 0.25) is 0 Å². The minimum absolute atomic E-state index is 0.144. The van der Waals surface area contributed by atoms with Crippen LogP contribution < -0.4 is 15.2 Å². The van der Waals surface area contributed by atoms with E-state index in [1.54, 1.807) is 30.0 Å². The van der Waals surface area contributed by atoms with Crippen LogP contribution in [0.1, 0.15) is 25.5 Å². The molecule has 8 nitrogen and oxygen atoms in total. The summed E-state index contributed by atoms with van der Waals surface area (Å²) >= 11 is 0. The highest BCUT2D eigenvalue weighted by Crippen LogP contribution is 2.34. The van der Waals surface area contributed by atoms with Crippen LogP contribution in [0.3, 0.4) is 0 Å². The van der Waals surface area contributed by atoms with E-state index in [0.717, 1.165) is 5.56 Å². The molecule has 0 radical (unpaired) electrons. The van der Waals surface area contributed by atoms with E-state index in [4.69, 9.17) is 14.5 Å². The zero-order valence-electron chi connectivity index (χ0n) is 18.6. The number of anilines is 1. The van der Waals surface area contributed by atoms with Crippen molar-refractivity contribution >= 4 is 5.95 Å². The average molecular weight is 439 g/mol. The highest BCUT2D eigenvalue weighted by Gasteiger charge is 2.34. The van der Waals surface area contributed by atoms with E-state index in [1.165, 1.54) is 31.6 Å². The molecule has 0 N–H and O–H groups in total. The molecule has 1 aliphatic rings. The quantitative estimate of drug-likeness (QED) is 0.584. The van der Waals surface area contributed by atoms with Crippen molar-refractivity contribution in [1.29, 1.82) is 0 Å². The fourth-order valence-corrected chi connectivity index (χ4v) is 4.12. The number of aromatic nitrogens is 4. The molecule has 0 spiro atoms. The first kappa shape index (κ1) is 21.9. The fourth-order valence-electron chi connectivity index (χ4n) is 4.12. The Morgan fingerprint density at radius 3 is 2.66 bits per heavy atom. The molecule has 0 aliphatic carbocycles. The Balaban J connectivity index is 1.76. The van der Waals surface area contributed by atoms with Crippen LogP contribution in [0.4, 0.5) is 10.3 Å². The Morgan fingerprint density at radius 1 is 1.16 bits per heavy atom. The van der Waals surface area contributed by atoms with E-state index in [9.17, 15) is 9.18 Å². The SMILES string of the molecule is COc1cc(F)ccc1C(CN1CC(C)(C)Cn2c1nc(-c1ccncn1)cc2=O)OC. The second-order valence-electron chi connectivity index (χ2n) is 8.62. The Morgan fingerprint density at radius 2 is 1.97 bits per heavy atom. The molecule has 9 heteroatoms. The number of nitrogens with zero attached hydrogens (tertiary/aromatic N) is 5. The minimum Gasteiger partial charge on any atom is -0.496 e. The normalized spacial score (nSPS) is 15.8. The molecule has 1 atom stereocenters. The summed E-state index contributed by atoms with van der Waals surface area (Å²) in [5, 5.41) is 0. The van der Waals surface area contributed by atoms with E-state index in [2.05, 4.69) is 23.8 Å². The summed E-state index contributed by atoms with van der Waals surface area (Å²) in [7, 11) is 3.10. The van der Waals surface area contributed by atoms with Crippen molar-refractivity contribution in [3.63, 3.8) is 0 Å². The molecule has 0 amide bonds. The Labute approximate surface area is 185 Å². The Kier molecular flexibility index (Phi) is 5.92. The molecule has 0 saturated heterocycles. The molecule has 2 aromatic heterocycles. The van der Waals surface area contributed by atoms with Crippen molar-refractivity contribution in [2.24, 2.45) is 5.41 Å². The van der Waals surface area contributed by atoms with Crippen molar-refractivity contribution in [3.05, 3.63) is 64.6 Å². The molecule has 3 aromatic rings. The van der Waals surface area contributed by atoms with Gasteiger partial charge in [-0.25, -0.2) is 19.3 Å². The second kappa shape index (κ2) is 8.66. The number of hydrogen-bond acceptors (Lipinski definition) is 7. The summed E-state index contributed by atoms with van der Waals surface area (Å²) in [4.78, 5) is 28.0. The Bertz CT molecular complexity index is 1170. The molecule has 1 aliphatic heterocycles. The summed E-state index contributed by atoms with van der Waals surface area (Å²) < 4.78 is 26.6. The lowest BCUT2D eigenvalue weighted by molar-refractivity contribution is 0.101. The van der Waals surface area contributed by atoms with E-state index in [-0.39, 0.29) is 16.8 Å². The molecule has 32 heavy (non-hydrogen) atoms. The number of hydrogen-bond donors (Lipinski definition) is 0. The summed E-state index contributed by atoms with van der Waals surface area (Å²) in [5.41, 5.74) is 1.48. The topological polar surface area (TPSA) is 82.4 Å². The van der Waals surface area contributed by atoms with Crippen molar-refractivity contribution < 1.29 is 13.9 Å². The van der Waals surface area contributed by atoms with E-state index < -0.39 is 6.10 Å². The van der Waals surface area contributed by atoms with Gasteiger partial charge in [-0.05, 0) is 18.2 Å². The van der Waals surface area contributed by atoms with Gasteiger partial charge in [-0.2, -0.15) is 0 Å². The first-order valence-electron chi connectivity index (χ1n) is 10.3. The van der Waals surface area contributed by atoms with Crippen LogP contribution in [-0.2, 0) is 11.3 Å². The van der Waals surface area contributed by atoms with Gasteiger partial charge in [0.15, 0.2) is 0 Å². The summed E-state index contributed by atoms with van der Waals surface area (Å²) in [6, 6.07) is 7.61. The van der Waals surface area contributed by atoms with E-state index in [1.807, 2.05) is 4.90 Å². The minimum atomic E-state index is -0.424. The summed E-state index contributed by atoms with van der Waals surface area (Å²) in [6.07, 6.45) is 2.62. The van der Waals surface area contributed by atoms with E-state index >= 15 is 0 Å². The zero-order chi connectivity index (χ0) is 22.9. The molecule has 1 unspecified atom stereocenters. The molecule has 168 valence electrons. The molecule has 3 heterocycles. The van der Waals surface area contributed by atoms with Crippen LogP contribution >= 0.6 is 0 Å². The maximum absolute atomic E-state index is 13.7. The number of halogens is 1. The lowest BCUT2D eigenvalue weighted by atomic mass is 9.90. The van der Waals surface area contributed by atoms with Gasteiger partial charge in [-0.3, -0.25) is 9.36 Å². The van der Waals surface area contributed by atoms with Gasteiger partial charge >= 0.3 is 0 Å². The summed E-state index contributed by atoms with van der Waals surface area (Å²) in [5.74, 6) is 0.578. The van der Waals surface area contributed by atoms with Crippen molar-refractivity contribution in [2.45, 2.75) is 26.5 Å². The van der Waals surface area contributed by atoms with Gasteiger partial charge in [-0.1, -0.05) is 13.8 Å². The number of benzene rings is 1. The average Bonchev–Trinajstić information content (AvgIpc) is 2.78. The monoisotopic (exact) mass is 439 g/mol. The van der Waals surface area contributed by atoms with Crippen LogP contribution in [-0.4, -0.2) is 46.8 Å². The largest absolute Gasteiger partial charge is 0.496 e. The van der Waals surface area contributed by atoms with Crippen molar-refractivity contribution in [1.82, 2.24) is 19.5 Å². The smallest absolute Gasteiger partial charge is 0.255 e. The zero-order valence-corrected chi connectivity index (χ0v) is 18.6. The van der Waals surface area contributed by atoms with Crippen molar-refractivity contribution in [2.75, 3.05) is 32.2 Å². The second-order valence-corrected chi connectivity index (χ2v) is 8.62. The van der Waals surface area contributed by atoms with Gasteiger partial charge in [0.2, 0.25) is 5.95 Å². The molecule has 1 aromatic carbocycles. The Hall–Kier alpha value is -3.33. The third-order valence-electron chi connectivity index (χ3n) is 5.53. The number of ether oxygens (including phenoxy) is 2. The maximum atomic E-state index is 13.7. The number of fused-ring (bicyclic) bond motifs is 1. The van der Waals surface area contributed by atoms with Crippen molar-refractivity contribution in [3.8, 4) is 17.1 Å². The van der Waals surface area contributed by atoms with Crippen LogP contribution in [0.25, 0.3) is 11.4 Å². The molecular formula is C23H26FN5O3. The highest BCUT2D eigenvalue weighted by molar-refractivity contribution is 5.55. The van der Waals surface area contributed by atoms with Gasteiger partial charge in [0.25, 0.3) is 5.56 Å². The maximum Gasteiger partial charge on any atom is 0.255 e. The van der Waals surface area contributed by atoms with Crippen LogP contribution in [0.5, 0.6) is 5.75 Å². The predicted molar refractivity (Wildman–Crippen MR) is 118 cm³/mol. The van der Waals surface area contributed by atoms with Gasteiger partial charge in [0.1, 0.15) is 24.0 Å². The predicted octanol–water partition coefficient (Wildman–Crippen LogP) is 3.08. The van der Waals surface area contributed by atoms with Crippen LogP contribution in [0.15, 0.2) is 47.7 Å². The fraction of sp³-hybridized carbons (Fsp3) is 0.391. The first-order chi connectivity index (χ1) is 15.3. The number of rotatable bonds is 6. The van der Waals surface area contributed by atoms with Crippen LogP contribution in [0, 0.1) is 11.2 Å². The van der Waals surface area contributed by atoms with E-state index in [0.29, 0.717) is 42.7 Å². The third kappa shape index (κ3) is 4.34. The standard InChI is InChI=1S/C23H26FN5O3/c1-23(2)12-28(11-20(32-4)16-6-5-15(24)9-19(16)31-3)22-27-18(10-21(30)29(22)13-23)17-7-8-25-14-26-17/h5-10,14,20H,11-13H2,1-4H3. The molecule has 4 rings (SSSR count). The summed E-state index contributed by atoms with van der Waals surface area (Å²) in [6.45, 7) is 5.83. The molecule has 0 fully saturated rings. The lowest BCUT2D eigenvalue weighted by Crippen LogP contribution is -2.48. The highest BCUT2D eigenvalue weighted by atomic mass is 19.1. The molecular weight excluding hydrogens is 413 g/mol. The van der Waals surface area contributed by atoms with Gasteiger partial charge in [0, 0.05) is 49.5 Å². The van der Waals surface area contributed by atoms with Gasteiger partial charge in [-0.15, -0.1) is 0 Å².